The van der Waals surface area contributed by atoms with Crippen LogP contribution in [0.1, 0.15) is 16.5 Å². The average molecular weight is 306 g/mol. The van der Waals surface area contributed by atoms with Crippen molar-refractivity contribution in [1.29, 1.82) is 0 Å². The fourth-order valence-corrected chi connectivity index (χ4v) is 3.04. The lowest BCUT2D eigenvalue weighted by Gasteiger charge is -2.21. The number of hydrogen-bond acceptors (Lipinski definition) is 4. The summed E-state index contributed by atoms with van der Waals surface area (Å²) in [6, 6.07) is 11.5. The number of thiophene rings is 1. The topological polar surface area (TPSA) is 46.3 Å². The van der Waals surface area contributed by atoms with Crippen molar-refractivity contribution < 1.29 is 4.79 Å². The van der Waals surface area contributed by atoms with Gasteiger partial charge < -0.3 is 10.6 Å². The highest BCUT2D eigenvalue weighted by Crippen LogP contribution is 2.20. The molecular formula is C15H18N2OS2. The van der Waals surface area contributed by atoms with E-state index in [1.165, 1.54) is 16.2 Å². The fourth-order valence-electron chi connectivity index (χ4n) is 1.91. The second-order valence-electron chi connectivity index (χ2n) is 4.54. The van der Waals surface area contributed by atoms with E-state index in [-0.39, 0.29) is 5.91 Å². The van der Waals surface area contributed by atoms with E-state index in [1.807, 2.05) is 35.9 Å². The Labute approximate surface area is 127 Å². The van der Waals surface area contributed by atoms with Gasteiger partial charge in [-0.15, -0.1) is 23.1 Å². The van der Waals surface area contributed by atoms with Crippen LogP contribution in [0.2, 0.25) is 0 Å². The SMILES string of the molecule is CSc1ccc(CN(C)C(=O)C(N)c2cccs2)cc1. The number of rotatable bonds is 5. The van der Waals surface area contributed by atoms with Crippen molar-refractivity contribution in [2.24, 2.45) is 5.73 Å². The zero-order valence-corrected chi connectivity index (χ0v) is 13.2. The van der Waals surface area contributed by atoms with Crippen molar-refractivity contribution in [3.63, 3.8) is 0 Å². The van der Waals surface area contributed by atoms with Gasteiger partial charge in [-0.2, -0.15) is 0 Å². The van der Waals surface area contributed by atoms with E-state index in [0.717, 1.165) is 10.4 Å². The van der Waals surface area contributed by atoms with Gasteiger partial charge in [-0.25, -0.2) is 0 Å². The van der Waals surface area contributed by atoms with Gasteiger partial charge in [-0.05, 0) is 35.4 Å². The van der Waals surface area contributed by atoms with Crippen LogP contribution in [0.15, 0.2) is 46.7 Å². The first-order chi connectivity index (χ1) is 9.61. The van der Waals surface area contributed by atoms with E-state index in [2.05, 4.69) is 12.1 Å². The zero-order valence-electron chi connectivity index (χ0n) is 11.6. The Morgan fingerprint density at radius 3 is 2.60 bits per heavy atom. The molecule has 1 amide bonds. The van der Waals surface area contributed by atoms with Crippen molar-refractivity contribution in [2.75, 3.05) is 13.3 Å². The molecule has 0 fully saturated rings. The predicted octanol–water partition coefficient (Wildman–Crippen LogP) is 3.13. The Morgan fingerprint density at radius 2 is 2.05 bits per heavy atom. The Hall–Kier alpha value is -1.30. The maximum absolute atomic E-state index is 12.3. The molecule has 2 N–H and O–H groups in total. The minimum absolute atomic E-state index is 0.0543. The monoisotopic (exact) mass is 306 g/mol. The number of nitrogens with two attached hydrogens (primary N) is 1. The molecule has 2 rings (SSSR count). The Morgan fingerprint density at radius 1 is 1.35 bits per heavy atom. The summed E-state index contributed by atoms with van der Waals surface area (Å²) in [7, 11) is 1.79. The largest absolute Gasteiger partial charge is 0.340 e. The van der Waals surface area contributed by atoms with E-state index in [1.54, 1.807) is 23.7 Å². The normalized spacial score (nSPS) is 12.2. The van der Waals surface area contributed by atoms with Gasteiger partial charge in [0.1, 0.15) is 6.04 Å². The molecule has 1 heterocycles. The van der Waals surface area contributed by atoms with Crippen LogP contribution >= 0.6 is 23.1 Å². The average Bonchev–Trinajstić information content (AvgIpc) is 3.00. The zero-order chi connectivity index (χ0) is 14.5. The lowest BCUT2D eigenvalue weighted by atomic mass is 10.2. The Kier molecular flexibility index (Phi) is 5.23. The molecule has 1 atom stereocenters. The highest BCUT2D eigenvalue weighted by Gasteiger charge is 2.20. The Bertz CT molecular complexity index is 552. The molecule has 1 unspecified atom stereocenters. The smallest absolute Gasteiger partial charge is 0.244 e. The van der Waals surface area contributed by atoms with Crippen LogP contribution in [0.5, 0.6) is 0 Å². The van der Waals surface area contributed by atoms with Gasteiger partial charge in [0.05, 0.1) is 0 Å². The molecule has 2 aromatic rings. The molecule has 1 aromatic carbocycles. The minimum Gasteiger partial charge on any atom is -0.340 e. The fraction of sp³-hybridized carbons (Fsp3) is 0.267. The van der Waals surface area contributed by atoms with Gasteiger partial charge in [0.25, 0.3) is 0 Å². The molecule has 0 aliphatic carbocycles. The molecule has 5 heteroatoms. The van der Waals surface area contributed by atoms with Crippen molar-refractivity contribution in [2.45, 2.75) is 17.5 Å². The predicted molar refractivity (Wildman–Crippen MR) is 85.9 cm³/mol. The van der Waals surface area contributed by atoms with Crippen molar-refractivity contribution in [3.05, 3.63) is 52.2 Å². The second-order valence-corrected chi connectivity index (χ2v) is 6.39. The molecule has 0 saturated carbocycles. The molecule has 0 aliphatic heterocycles. The summed E-state index contributed by atoms with van der Waals surface area (Å²) in [5, 5.41) is 1.93. The van der Waals surface area contributed by atoms with Gasteiger partial charge in [-0.1, -0.05) is 18.2 Å². The molecule has 3 nitrogen and oxygen atoms in total. The first-order valence-electron chi connectivity index (χ1n) is 6.28. The van der Waals surface area contributed by atoms with Crippen LogP contribution in [0.25, 0.3) is 0 Å². The summed E-state index contributed by atoms with van der Waals surface area (Å²) in [6.45, 7) is 0.576. The summed E-state index contributed by atoms with van der Waals surface area (Å²) >= 11 is 3.22. The maximum atomic E-state index is 12.3. The Balaban J connectivity index is 1.99. The van der Waals surface area contributed by atoms with E-state index in [4.69, 9.17) is 5.73 Å². The number of likely N-dealkylation sites (N-methyl/N-ethyl adjacent to an activating group) is 1. The van der Waals surface area contributed by atoms with Crippen LogP contribution in [0, 0.1) is 0 Å². The van der Waals surface area contributed by atoms with Crippen molar-refractivity contribution in [1.82, 2.24) is 4.90 Å². The highest BCUT2D eigenvalue weighted by atomic mass is 32.2. The van der Waals surface area contributed by atoms with Crippen LogP contribution in [0.4, 0.5) is 0 Å². The third kappa shape index (κ3) is 3.62. The van der Waals surface area contributed by atoms with Gasteiger partial charge >= 0.3 is 0 Å². The number of carbonyl (C=O) groups is 1. The van der Waals surface area contributed by atoms with Crippen LogP contribution in [0.3, 0.4) is 0 Å². The number of hydrogen-bond donors (Lipinski definition) is 1. The van der Waals surface area contributed by atoms with Gasteiger partial charge in [0.15, 0.2) is 0 Å². The number of nitrogens with zero attached hydrogens (tertiary/aromatic N) is 1. The lowest BCUT2D eigenvalue weighted by Crippen LogP contribution is -2.35. The lowest BCUT2D eigenvalue weighted by molar-refractivity contribution is -0.131. The summed E-state index contributed by atoms with van der Waals surface area (Å²) in [5.74, 6) is -0.0543. The van der Waals surface area contributed by atoms with Crippen LogP contribution < -0.4 is 5.73 Å². The van der Waals surface area contributed by atoms with Crippen LogP contribution in [-0.4, -0.2) is 24.1 Å². The molecular weight excluding hydrogens is 288 g/mol. The number of carbonyl (C=O) groups excluding carboxylic acids is 1. The van der Waals surface area contributed by atoms with E-state index >= 15 is 0 Å². The summed E-state index contributed by atoms with van der Waals surface area (Å²) in [5.41, 5.74) is 7.11. The molecule has 106 valence electrons. The third-order valence-electron chi connectivity index (χ3n) is 3.07. The number of amides is 1. The first kappa shape index (κ1) is 15.1. The second kappa shape index (κ2) is 6.92. The molecule has 20 heavy (non-hydrogen) atoms. The van der Waals surface area contributed by atoms with Gasteiger partial charge in [-0.3, -0.25) is 4.79 Å². The third-order valence-corrected chi connectivity index (χ3v) is 4.77. The molecule has 0 aliphatic rings. The minimum atomic E-state index is -0.564. The molecule has 0 bridgehead atoms. The quantitative estimate of drug-likeness (QED) is 0.863. The highest BCUT2D eigenvalue weighted by molar-refractivity contribution is 7.98. The summed E-state index contributed by atoms with van der Waals surface area (Å²) < 4.78 is 0. The van der Waals surface area contributed by atoms with Crippen LogP contribution in [-0.2, 0) is 11.3 Å². The van der Waals surface area contributed by atoms with E-state index < -0.39 is 6.04 Å². The summed E-state index contributed by atoms with van der Waals surface area (Å²) in [6.07, 6.45) is 2.05. The number of benzene rings is 1. The maximum Gasteiger partial charge on any atom is 0.244 e. The van der Waals surface area contributed by atoms with E-state index in [0.29, 0.717) is 6.54 Å². The summed E-state index contributed by atoms with van der Waals surface area (Å²) in [4.78, 5) is 16.1. The molecule has 1 aromatic heterocycles. The van der Waals surface area contributed by atoms with Crippen molar-refractivity contribution in [3.8, 4) is 0 Å². The molecule has 0 saturated heterocycles. The van der Waals surface area contributed by atoms with E-state index in [9.17, 15) is 4.79 Å². The standard InChI is InChI=1S/C15H18N2OS2/c1-17(10-11-5-7-12(19-2)8-6-11)15(18)14(16)13-4-3-9-20-13/h3-9,14H,10,16H2,1-2H3. The number of thioether (sulfide) groups is 1. The van der Waals surface area contributed by atoms with Crippen molar-refractivity contribution >= 4 is 29.0 Å². The molecule has 0 spiro atoms. The van der Waals surface area contributed by atoms with Gasteiger partial charge in [0.2, 0.25) is 5.91 Å². The molecule has 0 radical (unpaired) electrons. The first-order valence-corrected chi connectivity index (χ1v) is 8.39. The van der Waals surface area contributed by atoms with Gasteiger partial charge in [0, 0.05) is 23.4 Å².